The van der Waals surface area contributed by atoms with E-state index in [0.29, 0.717) is 0 Å². The Morgan fingerprint density at radius 3 is 1.16 bits per heavy atom. The van der Waals surface area contributed by atoms with E-state index in [2.05, 4.69) is 87.1 Å². The van der Waals surface area contributed by atoms with Crippen molar-refractivity contribution in [1.29, 1.82) is 10.8 Å². The molecule has 14 atom stereocenters. The zero-order valence-electron chi connectivity index (χ0n) is 66.4. The van der Waals surface area contributed by atoms with Crippen LogP contribution in [0.2, 0.25) is 0 Å². The van der Waals surface area contributed by atoms with Crippen molar-refractivity contribution in [1.82, 2.24) is 85.1 Å². The zero-order chi connectivity index (χ0) is 92.0. The molecule has 122 heavy (non-hydrogen) atoms. The van der Waals surface area contributed by atoms with E-state index in [1.807, 2.05) is 10.6 Å². The van der Waals surface area contributed by atoms with Crippen LogP contribution in [0.4, 0.5) is 0 Å². The molecule has 36 N–H and O–H groups in total. The fourth-order valence-electron chi connectivity index (χ4n) is 11.0. The van der Waals surface area contributed by atoms with E-state index in [1.165, 1.54) is 48.5 Å². The first kappa shape index (κ1) is 105. The van der Waals surface area contributed by atoms with Gasteiger partial charge in [0.25, 0.3) is 0 Å². The van der Waals surface area contributed by atoms with Crippen LogP contribution in [0, 0.1) is 10.8 Å². The Bertz CT molecular complexity index is 4000. The number of aliphatic carboxylic acids is 4. The average molecular weight is 1750 g/mol. The number of primary amides is 1. The number of carbonyl (C=O) groups excluding carboxylic acids is 15. The van der Waals surface area contributed by atoms with Crippen LogP contribution in [-0.4, -0.2) is 295 Å². The summed E-state index contributed by atoms with van der Waals surface area (Å²) in [4.78, 5) is 252. The smallest absolute Gasteiger partial charge is 0.326 e. The number of aliphatic hydroxyl groups excluding tert-OH is 2. The van der Waals surface area contributed by atoms with Crippen molar-refractivity contribution in [2.24, 2.45) is 28.7 Å². The molecule has 2 rings (SSSR count). The minimum absolute atomic E-state index is 0.0205. The molecule has 0 unspecified atom stereocenters. The van der Waals surface area contributed by atoms with Crippen molar-refractivity contribution in [2.45, 2.75) is 195 Å². The number of carbonyl (C=O) groups is 19. The molecular formula is C71H109N23O27S. The van der Waals surface area contributed by atoms with Gasteiger partial charge >= 0.3 is 23.9 Å². The maximum absolute atomic E-state index is 14.5. The molecule has 0 aliphatic heterocycles. The monoisotopic (exact) mass is 1750 g/mol. The number of thiol groups is 1. The van der Waals surface area contributed by atoms with E-state index in [-0.39, 0.29) is 98.9 Å². The zero-order valence-corrected chi connectivity index (χ0v) is 67.3. The van der Waals surface area contributed by atoms with Gasteiger partial charge < -0.3 is 155 Å². The molecule has 0 aliphatic rings. The predicted octanol–water partition coefficient (Wildman–Crippen LogP) is -11.6. The first-order chi connectivity index (χ1) is 57.3. The number of rotatable bonds is 58. The lowest BCUT2D eigenvalue weighted by Crippen LogP contribution is -2.61. The number of nitrogens with one attached hydrogen (secondary N) is 18. The number of aromatic hydroxyl groups is 2. The van der Waals surface area contributed by atoms with Crippen LogP contribution in [0.3, 0.4) is 0 Å². The van der Waals surface area contributed by atoms with Crippen LogP contribution in [0.25, 0.3) is 0 Å². The molecule has 15 amide bonds. The fourth-order valence-corrected chi connectivity index (χ4v) is 11.1. The first-order valence-electron chi connectivity index (χ1n) is 37.8. The Morgan fingerprint density at radius 1 is 0.377 bits per heavy atom. The van der Waals surface area contributed by atoms with Gasteiger partial charge in [0.15, 0.2) is 11.9 Å². The highest BCUT2D eigenvalue weighted by Crippen LogP contribution is 2.16. The maximum Gasteiger partial charge on any atom is 0.326 e. The van der Waals surface area contributed by atoms with Crippen LogP contribution in [0.15, 0.2) is 48.5 Å². The van der Waals surface area contributed by atoms with Crippen LogP contribution >= 0.6 is 12.6 Å². The number of carboxylic acid groups (broad SMARTS) is 4. The molecule has 0 radical (unpaired) electrons. The molecule has 2 aromatic rings. The van der Waals surface area contributed by atoms with Gasteiger partial charge in [0.1, 0.15) is 78.0 Å². The molecule has 0 saturated carbocycles. The molecule has 50 nitrogen and oxygen atoms in total. The summed E-state index contributed by atoms with van der Waals surface area (Å²) in [6, 6.07) is -11.0. The fraction of sp³-hybridized carbons (Fsp3) is 0.535. The topological polar surface area (TPSA) is 856 Å². The first-order valence-corrected chi connectivity index (χ1v) is 38.4. The summed E-state index contributed by atoms with van der Waals surface area (Å²) in [6.45, 7) is -0.934. The van der Waals surface area contributed by atoms with Crippen molar-refractivity contribution in [3.8, 4) is 11.5 Å². The number of unbranched alkanes of at least 4 members (excludes halogenated alkanes) is 1. The lowest BCUT2D eigenvalue weighted by Gasteiger charge is -2.28. The number of guanidine groups is 2. The summed E-state index contributed by atoms with van der Waals surface area (Å²) in [5.74, 6) is -25.6. The second-order valence-corrected chi connectivity index (χ2v) is 28.0. The van der Waals surface area contributed by atoms with Crippen LogP contribution < -0.4 is 114 Å². The molecule has 0 spiro atoms. The van der Waals surface area contributed by atoms with Gasteiger partial charge in [-0.3, -0.25) is 97.1 Å². The van der Waals surface area contributed by atoms with Crippen LogP contribution in [0.5, 0.6) is 11.5 Å². The van der Waals surface area contributed by atoms with Gasteiger partial charge in [0, 0.05) is 44.5 Å². The lowest BCUT2D eigenvalue weighted by molar-refractivity contribution is -0.142. The quantitative estimate of drug-likeness (QED) is 0.0127. The van der Waals surface area contributed by atoms with E-state index in [0.717, 1.165) is 13.8 Å². The normalized spacial score (nSPS) is 14.3. The number of carboxylic acids is 4. The van der Waals surface area contributed by atoms with E-state index in [1.54, 1.807) is 0 Å². The molecule has 0 bridgehead atoms. The van der Waals surface area contributed by atoms with E-state index >= 15 is 0 Å². The summed E-state index contributed by atoms with van der Waals surface area (Å²) in [7, 11) is 0. The van der Waals surface area contributed by atoms with Crippen molar-refractivity contribution in [2.75, 3.05) is 45.0 Å². The summed E-state index contributed by atoms with van der Waals surface area (Å²) in [5.41, 5.74) is 27.9. The van der Waals surface area contributed by atoms with Crippen molar-refractivity contribution in [3.63, 3.8) is 0 Å². The highest BCUT2D eigenvalue weighted by Gasteiger charge is 2.38. The largest absolute Gasteiger partial charge is 0.508 e. The standard InChI is InChI=1S/C71H109N23O27S/c1-33(95)56(67(118)83-31-51(101)84-48(28-55(107)108)66(117)88-42(18-20-53(103)104)62(113)90-45(25-35-10-14-37(97)15-11-35)65(116)89-44(69(120)121)9-6-24-80-71(77)78)94-63(114)43(19-21-54(105)106)87-60(111)40(7-3-4-22-72)86-64(115)46(26-36-12-16-38(98)17-13-36)92-68(119)57(34(2)96)93-52(102)30-81-50(100)29-82-59(110)47(27-49(74)99)91-61(112)41(8-5-23-79-70(75)76)85-58(109)39(73)32-122/h10-17,33-34,39-48,56-57,95-98,122H,3-9,18-32,72-73H2,1-2H3,(H2,74,99)(H,81,100)(H,82,110)(H,83,118)(H,84,101)(H,85,109)(H,86,115)(H,87,111)(H,88,117)(H,89,116)(H,90,113)(H,91,112)(H,92,119)(H,93,102)(H,94,114)(H,103,104)(H,105,106)(H,107,108)(H,120,121)(H4,75,76,79)(H4,77,78,80)/t33-,34-,39+,40+,41+,42+,43+,44+,45+,46+,47+,48+,56+,57+/m1/s1. The summed E-state index contributed by atoms with van der Waals surface area (Å²) in [5, 5.41) is 131. The summed E-state index contributed by atoms with van der Waals surface area (Å²) < 4.78 is 0. The molecule has 0 saturated heterocycles. The second kappa shape index (κ2) is 54.7. The molecule has 2 aromatic carbocycles. The number of aliphatic hydroxyl groups is 2. The van der Waals surface area contributed by atoms with Crippen LogP contribution in [-0.2, 0) is 104 Å². The van der Waals surface area contributed by atoms with E-state index in [4.69, 9.17) is 39.5 Å². The van der Waals surface area contributed by atoms with Gasteiger partial charge in [0.05, 0.1) is 50.7 Å². The lowest BCUT2D eigenvalue weighted by atomic mass is 10.0. The molecule has 0 aromatic heterocycles. The van der Waals surface area contributed by atoms with Gasteiger partial charge in [-0.25, -0.2) is 4.79 Å². The second-order valence-electron chi connectivity index (χ2n) is 27.6. The summed E-state index contributed by atoms with van der Waals surface area (Å²) in [6.07, 6.45) is -10.1. The average Bonchev–Trinajstić information content (AvgIpc) is 0.851. The number of hydrogen-bond donors (Lipinski definition) is 32. The Hall–Kier alpha value is -13.3. The third-order valence-electron chi connectivity index (χ3n) is 17.4. The highest BCUT2D eigenvalue weighted by atomic mass is 32.1. The summed E-state index contributed by atoms with van der Waals surface area (Å²) >= 11 is 3.97. The molecule has 676 valence electrons. The van der Waals surface area contributed by atoms with Gasteiger partial charge in [-0.15, -0.1) is 0 Å². The Kier molecular flexibility index (Phi) is 47.0. The van der Waals surface area contributed by atoms with Gasteiger partial charge in [-0.05, 0) is 114 Å². The number of phenols is 2. The number of amides is 15. The maximum atomic E-state index is 14.5. The molecule has 0 aliphatic carbocycles. The number of benzene rings is 2. The Morgan fingerprint density at radius 2 is 0.730 bits per heavy atom. The molecular weight excluding hydrogens is 1640 g/mol. The number of nitrogens with two attached hydrogens (primary N) is 5. The third kappa shape index (κ3) is 41.9. The number of phenolic OH excluding ortho intramolecular Hbond substituents is 2. The highest BCUT2D eigenvalue weighted by molar-refractivity contribution is 7.80. The van der Waals surface area contributed by atoms with Gasteiger partial charge in [0.2, 0.25) is 88.6 Å². The predicted molar refractivity (Wildman–Crippen MR) is 428 cm³/mol. The Labute approximate surface area is 701 Å². The number of hydrogen-bond acceptors (Lipinski definition) is 28. The van der Waals surface area contributed by atoms with E-state index in [9.17, 15) is 132 Å². The van der Waals surface area contributed by atoms with Gasteiger partial charge in [-0.1, -0.05) is 24.3 Å². The SMILES string of the molecule is C[C@@H](O)[C@H](NC(=O)CNC(=O)CNC(=O)[C@H](CC(N)=O)NC(=O)[C@H](CCCNC(=N)N)NC(=O)[C@@H](N)CS)C(=O)N[C@@H](Cc1ccc(O)cc1)C(=O)N[C@@H](CCCCN)C(=O)N[C@@H](CCC(=O)O)C(=O)N[C@H](C(=O)NCC(=O)N[C@@H](CC(=O)O)C(=O)N[C@@H](CCC(=O)O)C(=O)N[C@@H](Cc1ccc(O)cc1)C(=O)N[C@@H](CCCNC(=N)N)C(=O)O)[C@@H](C)O. The minimum Gasteiger partial charge on any atom is -0.508 e. The van der Waals surface area contributed by atoms with Crippen molar-refractivity contribution >= 4 is 137 Å². The van der Waals surface area contributed by atoms with Crippen molar-refractivity contribution in [3.05, 3.63) is 59.7 Å². The minimum atomic E-state index is -2.15. The van der Waals surface area contributed by atoms with Gasteiger partial charge in [-0.2, -0.15) is 12.6 Å². The Balaban J connectivity index is 2.39. The van der Waals surface area contributed by atoms with Crippen molar-refractivity contribution < 1.29 is 132 Å². The molecule has 0 heterocycles. The molecule has 51 heteroatoms. The van der Waals surface area contributed by atoms with Crippen LogP contribution in [0.1, 0.15) is 108 Å². The molecule has 0 fully saturated rings. The third-order valence-corrected chi connectivity index (χ3v) is 17.8. The van der Waals surface area contributed by atoms with E-state index < -0.39 is 274 Å².